The second-order valence-electron chi connectivity index (χ2n) is 10.4. The first-order valence-electron chi connectivity index (χ1n) is 20.9. The van der Waals surface area contributed by atoms with Crippen molar-refractivity contribution in [2.75, 3.05) is 4.90 Å². The lowest BCUT2D eigenvalue weighted by atomic mass is 9.90. The molecule has 0 atom stereocenters. The summed E-state index contributed by atoms with van der Waals surface area (Å²) in [7, 11) is 0. The van der Waals surface area contributed by atoms with Gasteiger partial charge >= 0.3 is 0 Å². The predicted molar refractivity (Wildman–Crippen MR) is 192 cm³/mol. The number of hydrogen-bond donors (Lipinski definition) is 0. The summed E-state index contributed by atoms with van der Waals surface area (Å²) in [6.45, 7) is 0. The monoisotopic (exact) mass is 586 g/mol. The number of benzene rings is 8. The van der Waals surface area contributed by atoms with E-state index in [-0.39, 0.29) is 16.9 Å². The minimum absolute atomic E-state index is 0.0258. The fraction of sp³-hybridized carbons (Fsp3) is 0. The Balaban J connectivity index is 1.44. The van der Waals surface area contributed by atoms with Crippen LogP contribution in [-0.2, 0) is 0 Å². The van der Waals surface area contributed by atoms with Crippen LogP contribution in [0, 0.1) is 0 Å². The topological polar surface area (TPSA) is 3.24 Å². The first kappa shape index (κ1) is 16.2. The minimum atomic E-state index is -0.726. The number of anilines is 3. The molecule has 0 unspecified atom stereocenters. The molecular formula is C44H31N. The Hall–Kier alpha value is -5.92. The van der Waals surface area contributed by atoms with Crippen LogP contribution < -0.4 is 4.90 Å². The molecule has 212 valence electrons. The quantitative estimate of drug-likeness (QED) is 0.187. The molecule has 0 bridgehead atoms. The van der Waals surface area contributed by atoms with Crippen molar-refractivity contribution in [3.63, 3.8) is 0 Å². The zero-order chi connectivity index (χ0) is 41.3. The molecule has 0 aliphatic carbocycles. The van der Waals surface area contributed by atoms with E-state index in [1.165, 1.54) is 4.90 Å². The Bertz CT molecular complexity index is 2920. The first-order chi connectivity index (χ1) is 27.7. The molecule has 1 nitrogen and oxygen atoms in total. The highest BCUT2D eigenvalue weighted by molar-refractivity contribution is 6.04. The van der Waals surface area contributed by atoms with Gasteiger partial charge in [-0.05, 0) is 91.2 Å². The number of hydrogen-bond acceptors (Lipinski definition) is 1. The van der Waals surface area contributed by atoms with E-state index in [1.807, 2.05) is 78.9 Å². The van der Waals surface area contributed by atoms with Crippen molar-refractivity contribution in [1.29, 1.82) is 0 Å². The van der Waals surface area contributed by atoms with Crippen molar-refractivity contribution >= 4 is 38.6 Å². The molecule has 1 heteroatoms. The van der Waals surface area contributed by atoms with E-state index in [2.05, 4.69) is 0 Å². The van der Waals surface area contributed by atoms with Gasteiger partial charge in [-0.1, -0.05) is 151 Å². The number of nitrogens with zero attached hydrogens (tertiary/aromatic N) is 1. The van der Waals surface area contributed by atoms with E-state index in [0.29, 0.717) is 16.5 Å². The van der Waals surface area contributed by atoms with Gasteiger partial charge in [0, 0.05) is 17.1 Å². The third-order valence-electron chi connectivity index (χ3n) is 7.67. The number of fused-ring (bicyclic) bond motifs is 2. The lowest BCUT2D eigenvalue weighted by Gasteiger charge is -2.26. The fourth-order valence-corrected chi connectivity index (χ4v) is 5.55. The summed E-state index contributed by atoms with van der Waals surface area (Å²) in [4.78, 5) is 1.18. The Morgan fingerprint density at radius 1 is 0.378 bits per heavy atom. The van der Waals surface area contributed by atoms with Crippen molar-refractivity contribution in [2.45, 2.75) is 0 Å². The summed E-state index contributed by atoms with van der Waals surface area (Å²) >= 11 is 0. The van der Waals surface area contributed by atoms with Crippen LogP contribution in [0.2, 0.25) is 0 Å². The molecule has 0 amide bonds. The van der Waals surface area contributed by atoms with Crippen molar-refractivity contribution in [1.82, 2.24) is 0 Å². The fourth-order valence-electron chi connectivity index (χ4n) is 5.55. The first-order valence-corrected chi connectivity index (χ1v) is 14.4. The lowest BCUT2D eigenvalue weighted by Crippen LogP contribution is -2.09. The molecule has 0 heterocycles. The molecule has 0 aromatic heterocycles. The molecule has 0 fully saturated rings. The van der Waals surface area contributed by atoms with Crippen LogP contribution in [0.4, 0.5) is 17.1 Å². The zero-order valence-electron chi connectivity index (χ0n) is 36.8. The van der Waals surface area contributed by atoms with Gasteiger partial charge in [0.2, 0.25) is 0 Å². The molecule has 8 aromatic carbocycles. The van der Waals surface area contributed by atoms with Crippen LogP contribution in [0.25, 0.3) is 54.9 Å². The average molecular weight is 587 g/mol. The SMILES string of the molecule is [2H]c1c([2H])c([2H])c(-c2c([2H])c([2H])c(N(c3ccc4ccccc4c3)c3c([2H])c([2H])c(-c4ccc5ccccc5c4-c4ccccc4)c([2H])c3[2H])c([2H])c2[2H])c([2H])c1[2H]. The highest BCUT2D eigenvalue weighted by Gasteiger charge is 2.16. The van der Waals surface area contributed by atoms with E-state index in [9.17, 15) is 8.22 Å². The smallest absolute Gasteiger partial charge is 0.0645 e. The largest absolute Gasteiger partial charge is 0.310 e. The minimum Gasteiger partial charge on any atom is -0.310 e. The molecule has 8 rings (SSSR count). The van der Waals surface area contributed by atoms with E-state index in [4.69, 9.17) is 9.60 Å². The van der Waals surface area contributed by atoms with Crippen molar-refractivity contribution < 1.29 is 17.8 Å². The maximum Gasteiger partial charge on any atom is 0.0645 e. The summed E-state index contributed by atoms with van der Waals surface area (Å²) < 4.78 is 116. The molecular weight excluding hydrogens is 542 g/mol. The Kier molecular flexibility index (Phi) is 4.20. The maximum absolute atomic E-state index is 9.54. The summed E-state index contributed by atoms with van der Waals surface area (Å²) in [5.74, 6) is 0. The Labute approximate surface area is 282 Å². The van der Waals surface area contributed by atoms with Gasteiger partial charge in [-0.2, -0.15) is 0 Å². The molecule has 8 aromatic rings. The predicted octanol–water partition coefficient (Wildman–Crippen LogP) is 12.5. The third-order valence-corrected chi connectivity index (χ3v) is 7.67. The Morgan fingerprint density at radius 2 is 0.956 bits per heavy atom. The van der Waals surface area contributed by atoms with Crippen molar-refractivity contribution in [3.8, 4) is 33.4 Å². The van der Waals surface area contributed by atoms with Crippen molar-refractivity contribution in [2.24, 2.45) is 0 Å². The standard InChI is InChI=1S/C44H31N/c1-3-11-32(12-4-1)34-19-25-39(26-20-34)45(41-29-21-33-13-7-8-17-38(33)31-41)40-27-22-36(23-28-40)43-30-24-35-14-9-10-18-42(35)44(43)37-15-5-2-6-16-37/h1-31H/i1D,3D,4D,11D,12D,19D,20D,22D,23D,25D,26D,27D,28D. The molecule has 0 saturated carbocycles. The van der Waals surface area contributed by atoms with Gasteiger partial charge in [-0.25, -0.2) is 0 Å². The molecule has 0 N–H and O–H groups in total. The van der Waals surface area contributed by atoms with Crippen LogP contribution in [0.1, 0.15) is 17.8 Å². The van der Waals surface area contributed by atoms with Gasteiger partial charge in [0.15, 0.2) is 0 Å². The van der Waals surface area contributed by atoms with E-state index < -0.39 is 95.4 Å². The van der Waals surface area contributed by atoms with Crippen LogP contribution in [0.15, 0.2) is 188 Å². The molecule has 0 saturated heterocycles. The van der Waals surface area contributed by atoms with E-state index >= 15 is 0 Å². The lowest BCUT2D eigenvalue weighted by molar-refractivity contribution is 1.29. The molecule has 0 radical (unpaired) electrons. The highest BCUT2D eigenvalue weighted by Crippen LogP contribution is 2.41. The van der Waals surface area contributed by atoms with Crippen LogP contribution in [-0.4, -0.2) is 0 Å². The second-order valence-corrected chi connectivity index (χ2v) is 10.4. The summed E-state index contributed by atoms with van der Waals surface area (Å²) in [6.07, 6.45) is 0. The summed E-state index contributed by atoms with van der Waals surface area (Å²) in [5, 5.41) is 3.27. The van der Waals surface area contributed by atoms with Gasteiger partial charge in [0.05, 0.1) is 17.8 Å². The van der Waals surface area contributed by atoms with E-state index in [1.54, 1.807) is 30.3 Å². The summed E-state index contributed by atoms with van der Waals surface area (Å²) in [6, 6.07) is 25.0. The van der Waals surface area contributed by atoms with Gasteiger partial charge in [-0.15, -0.1) is 0 Å². The van der Waals surface area contributed by atoms with Gasteiger partial charge < -0.3 is 4.90 Å². The Morgan fingerprint density at radius 3 is 1.69 bits per heavy atom. The third kappa shape index (κ3) is 5.15. The zero-order valence-corrected chi connectivity index (χ0v) is 23.8. The van der Waals surface area contributed by atoms with Gasteiger partial charge in [0.1, 0.15) is 0 Å². The van der Waals surface area contributed by atoms with Gasteiger partial charge in [0.25, 0.3) is 0 Å². The van der Waals surface area contributed by atoms with Crippen molar-refractivity contribution in [3.05, 3.63) is 188 Å². The maximum atomic E-state index is 9.54. The molecule has 0 aliphatic heterocycles. The van der Waals surface area contributed by atoms with Gasteiger partial charge in [-0.3, -0.25) is 0 Å². The summed E-state index contributed by atoms with van der Waals surface area (Å²) in [5.41, 5.74) is 0.407. The van der Waals surface area contributed by atoms with E-state index in [0.717, 1.165) is 21.7 Å². The normalized spacial score (nSPS) is 15.2. The average Bonchev–Trinajstić information content (AvgIpc) is 3.24. The molecule has 0 spiro atoms. The molecule has 45 heavy (non-hydrogen) atoms. The second kappa shape index (κ2) is 11.6. The van der Waals surface area contributed by atoms with Crippen LogP contribution in [0.5, 0.6) is 0 Å². The number of rotatable bonds is 6. The van der Waals surface area contributed by atoms with Crippen LogP contribution >= 0.6 is 0 Å². The molecule has 0 aliphatic rings. The van der Waals surface area contributed by atoms with Crippen LogP contribution in [0.3, 0.4) is 0 Å². The highest BCUT2D eigenvalue weighted by atomic mass is 15.1.